The van der Waals surface area contributed by atoms with E-state index in [1.54, 1.807) is 6.20 Å². The van der Waals surface area contributed by atoms with E-state index in [0.29, 0.717) is 0 Å². The molecule has 0 saturated carbocycles. The van der Waals surface area contributed by atoms with Crippen LogP contribution in [-0.4, -0.2) is 14.5 Å². The van der Waals surface area contributed by atoms with E-state index >= 15 is 0 Å². The van der Waals surface area contributed by atoms with Crippen molar-refractivity contribution in [2.45, 2.75) is 0 Å². The van der Waals surface area contributed by atoms with Gasteiger partial charge in [0.05, 0.1) is 22.5 Å². The summed E-state index contributed by atoms with van der Waals surface area (Å²) in [7, 11) is 0. The first-order valence-corrected chi connectivity index (χ1v) is 20.2. The Kier molecular flexibility index (Phi) is 10.4. The molecule has 8 aromatic carbocycles. The van der Waals surface area contributed by atoms with Gasteiger partial charge in [-0.05, 0) is 64.3 Å². The minimum atomic E-state index is 0. The molecule has 0 aliphatic rings. The summed E-state index contributed by atoms with van der Waals surface area (Å²) in [5, 5.41) is 3.15. The molecule has 4 heterocycles. The quantitative estimate of drug-likeness (QED) is 0.156. The van der Waals surface area contributed by atoms with E-state index in [9.17, 15) is 0 Å². The van der Waals surface area contributed by atoms with Gasteiger partial charge in [0.25, 0.3) is 0 Å². The van der Waals surface area contributed by atoms with Crippen LogP contribution in [-0.2, 0) is 20.1 Å². The summed E-state index contributed by atoms with van der Waals surface area (Å²) in [6.07, 6.45) is 5.06. The average molecular weight is 974 g/mol. The predicted octanol–water partition coefficient (Wildman–Crippen LogP) is 14.7. The van der Waals surface area contributed by atoms with Crippen molar-refractivity contribution >= 4 is 43.9 Å². The topological polar surface area (TPSA) is 57.0 Å². The molecular weight excluding hydrogens is 939 g/mol. The number of benzene rings is 8. The SMILES string of the molecule is [Ir].[c-]1ccccc1-c1ccccn1.[c-]1oc2ccc(-c3ccc4oc5ccccc5c4c3)cc2c1-c1nc2ccccc2n1-c1c(-c2ccccc2)cccc1-c1ccccc1. The van der Waals surface area contributed by atoms with Gasteiger partial charge < -0.3 is 18.4 Å². The average Bonchev–Trinajstić information content (AvgIpc) is 4.05. The van der Waals surface area contributed by atoms with Crippen LogP contribution in [0.5, 0.6) is 0 Å². The molecule has 0 saturated heterocycles. The Hall–Kier alpha value is -7.63. The summed E-state index contributed by atoms with van der Waals surface area (Å²) >= 11 is 0. The van der Waals surface area contributed by atoms with Crippen molar-refractivity contribution in [3.8, 4) is 61.7 Å². The maximum Gasteiger partial charge on any atom is 0.135 e. The van der Waals surface area contributed by atoms with Crippen molar-refractivity contribution in [1.29, 1.82) is 0 Å². The maximum atomic E-state index is 6.13. The van der Waals surface area contributed by atoms with Crippen LogP contribution in [0.4, 0.5) is 0 Å². The van der Waals surface area contributed by atoms with Crippen LogP contribution < -0.4 is 0 Å². The van der Waals surface area contributed by atoms with E-state index in [0.717, 1.165) is 106 Å². The van der Waals surface area contributed by atoms with Crippen molar-refractivity contribution in [2.24, 2.45) is 0 Å². The molecule has 0 amide bonds. The van der Waals surface area contributed by atoms with Crippen LogP contribution in [0.1, 0.15) is 0 Å². The molecule has 0 spiro atoms. The zero-order valence-electron chi connectivity index (χ0n) is 33.2. The van der Waals surface area contributed by atoms with E-state index in [4.69, 9.17) is 13.8 Å². The monoisotopic (exact) mass is 974 g/mol. The Morgan fingerprint density at radius 3 is 1.85 bits per heavy atom. The number of rotatable bonds is 6. The second-order valence-corrected chi connectivity index (χ2v) is 14.8. The number of furan rings is 2. The summed E-state index contributed by atoms with van der Waals surface area (Å²) < 4.78 is 14.5. The van der Waals surface area contributed by atoms with Gasteiger partial charge in [-0.25, -0.2) is 0 Å². The first-order valence-electron chi connectivity index (χ1n) is 20.2. The Morgan fingerprint density at radius 1 is 0.484 bits per heavy atom. The van der Waals surface area contributed by atoms with E-state index in [2.05, 4.69) is 161 Å². The fraction of sp³-hybridized carbons (Fsp3) is 0. The smallest absolute Gasteiger partial charge is 0.135 e. The molecule has 1 radical (unpaired) electrons. The number of imidazole rings is 1. The number of hydrogen-bond donors (Lipinski definition) is 0. The van der Waals surface area contributed by atoms with Gasteiger partial charge >= 0.3 is 0 Å². The molecule has 0 N–H and O–H groups in total. The maximum absolute atomic E-state index is 6.13. The zero-order chi connectivity index (χ0) is 40.5. The van der Waals surface area contributed by atoms with Gasteiger partial charge in [-0.15, -0.1) is 35.9 Å². The fourth-order valence-electron chi connectivity index (χ4n) is 8.21. The van der Waals surface area contributed by atoms with Crippen molar-refractivity contribution in [3.05, 3.63) is 225 Å². The molecule has 0 unspecified atom stereocenters. The molecule has 5 nitrogen and oxygen atoms in total. The molecule has 4 aromatic heterocycles. The largest absolute Gasteiger partial charge is 0.557 e. The first kappa shape index (κ1) is 38.6. The van der Waals surface area contributed by atoms with Crippen LogP contribution in [0.3, 0.4) is 0 Å². The molecule has 0 fully saturated rings. The Balaban J connectivity index is 0.000000305. The third-order valence-electron chi connectivity index (χ3n) is 11.1. The van der Waals surface area contributed by atoms with Crippen LogP contribution in [0, 0.1) is 12.3 Å². The number of pyridine rings is 1. The summed E-state index contributed by atoms with van der Waals surface area (Å²) in [6, 6.07) is 73.7. The van der Waals surface area contributed by atoms with Gasteiger partial charge in [0.15, 0.2) is 0 Å². The van der Waals surface area contributed by atoms with Crippen LogP contribution in [0.15, 0.2) is 221 Å². The fourth-order valence-corrected chi connectivity index (χ4v) is 8.21. The minimum Gasteiger partial charge on any atom is -0.557 e. The van der Waals surface area contributed by atoms with Gasteiger partial charge in [0, 0.05) is 60.0 Å². The summed E-state index contributed by atoms with van der Waals surface area (Å²) in [4.78, 5) is 9.50. The van der Waals surface area contributed by atoms with E-state index in [1.807, 2.05) is 66.7 Å². The van der Waals surface area contributed by atoms with Crippen LogP contribution in [0.25, 0.3) is 106 Å². The number of fused-ring (bicyclic) bond motifs is 5. The molecule has 12 rings (SSSR count). The Bertz CT molecular complexity index is 3370. The first-order chi connectivity index (χ1) is 30.3. The Morgan fingerprint density at radius 2 is 1.13 bits per heavy atom. The molecule has 0 aliphatic carbocycles. The van der Waals surface area contributed by atoms with Crippen LogP contribution in [0.2, 0.25) is 0 Å². The summed E-state index contributed by atoms with van der Waals surface area (Å²) in [5.74, 6) is 0.772. The molecule has 0 atom stereocenters. The molecule has 297 valence electrons. The Labute approximate surface area is 371 Å². The van der Waals surface area contributed by atoms with Gasteiger partial charge in [0.2, 0.25) is 0 Å². The second kappa shape index (κ2) is 16.8. The molecular formula is C56H35IrN3O2-2. The van der Waals surface area contributed by atoms with Crippen molar-refractivity contribution in [3.63, 3.8) is 0 Å². The third kappa shape index (κ3) is 7.11. The van der Waals surface area contributed by atoms with E-state index < -0.39 is 0 Å². The summed E-state index contributed by atoms with van der Waals surface area (Å²) in [6.45, 7) is 0. The van der Waals surface area contributed by atoms with Crippen molar-refractivity contribution in [1.82, 2.24) is 14.5 Å². The van der Waals surface area contributed by atoms with E-state index in [-0.39, 0.29) is 20.1 Å². The van der Waals surface area contributed by atoms with Crippen molar-refractivity contribution in [2.75, 3.05) is 0 Å². The predicted molar refractivity (Wildman–Crippen MR) is 247 cm³/mol. The minimum absolute atomic E-state index is 0. The van der Waals surface area contributed by atoms with Gasteiger partial charge in [0.1, 0.15) is 11.2 Å². The third-order valence-corrected chi connectivity index (χ3v) is 11.1. The van der Waals surface area contributed by atoms with E-state index in [1.165, 1.54) is 0 Å². The summed E-state index contributed by atoms with van der Waals surface area (Å²) in [5.41, 5.74) is 15.0. The molecule has 12 aromatic rings. The molecule has 0 aliphatic heterocycles. The molecule has 62 heavy (non-hydrogen) atoms. The number of hydrogen-bond acceptors (Lipinski definition) is 4. The molecule has 6 heteroatoms. The number of para-hydroxylation sites is 4. The van der Waals surface area contributed by atoms with Crippen LogP contribution >= 0.6 is 0 Å². The van der Waals surface area contributed by atoms with Gasteiger partial charge in [-0.1, -0.05) is 157 Å². The number of nitrogens with zero attached hydrogens (tertiary/aromatic N) is 3. The second-order valence-electron chi connectivity index (χ2n) is 14.8. The van der Waals surface area contributed by atoms with Crippen molar-refractivity contribution < 1.29 is 28.9 Å². The normalized spacial score (nSPS) is 11.1. The zero-order valence-corrected chi connectivity index (χ0v) is 35.6. The van der Waals surface area contributed by atoms with Gasteiger partial charge in [-0.2, -0.15) is 0 Å². The number of aromatic nitrogens is 3. The molecule has 0 bridgehead atoms. The standard InChI is InChI=1S/C45H27N2O2.C11H8N.Ir/c1-3-12-29(13-4-1)33-17-11-18-34(30-14-5-2-6-15-30)44(33)47-40-20-9-8-19-39(40)46-45(47)38-28-48-41-24-22-31(27-37(38)41)32-23-25-43-36(26-32)35-16-7-10-21-42(35)49-43;1-2-6-10(7-3-1)11-8-4-5-9-12-11;/h1-27H;1-6,8-9H;/q2*-1;. The van der Waals surface area contributed by atoms with Gasteiger partial charge in [-0.3, -0.25) is 4.98 Å².